The van der Waals surface area contributed by atoms with Crippen LogP contribution in [0.2, 0.25) is 5.02 Å². The molecule has 2 atom stereocenters. The molecule has 0 radical (unpaired) electrons. The lowest BCUT2D eigenvalue weighted by molar-refractivity contribution is -0.142. The van der Waals surface area contributed by atoms with Gasteiger partial charge < -0.3 is 4.90 Å². The largest absolute Gasteiger partial charge is 0.331 e. The van der Waals surface area contributed by atoms with E-state index >= 15 is 0 Å². The molecule has 2 fully saturated rings. The van der Waals surface area contributed by atoms with Crippen LogP contribution >= 0.6 is 11.6 Å². The van der Waals surface area contributed by atoms with E-state index in [2.05, 4.69) is 0 Å². The Labute approximate surface area is 171 Å². The minimum absolute atomic E-state index is 0.0179. The number of sulfonamides is 1. The van der Waals surface area contributed by atoms with Gasteiger partial charge in [0.25, 0.3) is 5.92 Å². The van der Waals surface area contributed by atoms with Crippen molar-refractivity contribution < 1.29 is 30.8 Å². The Bertz CT molecular complexity index is 893. The number of hydrogen-bond donors (Lipinski definition) is 1. The zero-order valence-electron chi connectivity index (χ0n) is 15.5. The maximum Gasteiger partial charge on any atom is 0.283 e. The highest BCUT2D eigenvalue weighted by Crippen LogP contribution is 2.39. The Balaban J connectivity index is 1.96. The summed E-state index contributed by atoms with van der Waals surface area (Å²) < 4.78 is 83.0. The monoisotopic (exact) mass is 456 g/mol. The van der Waals surface area contributed by atoms with E-state index in [-0.39, 0.29) is 29.8 Å². The third-order valence-electron chi connectivity index (χ3n) is 5.48. The summed E-state index contributed by atoms with van der Waals surface area (Å²) in [5.74, 6) is -6.24. The van der Waals surface area contributed by atoms with E-state index in [1.807, 2.05) is 4.72 Å². The molecule has 1 saturated carbocycles. The van der Waals surface area contributed by atoms with Gasteiger partial charge in [-0.2, -0.15) is 0 Å². The summed E-state index contributed by atoms with van der Waals surface area (Å²) in [5, 5.41) is -0.213. The smallest absolute Gasteiger partial charge is 0.283 e. The number of carbonyl (C=O) groups excluding carboxylic acids is 1. The van der Waals surface area contributed by atoms with Gasteiger partial charge in [0.15, 0.2) is 0 Å². The number of halogens is 5. The van der Waals surface area contributed by atoms with Gasteiger partial charge in [-0.1, -0.05) is 23.7 Å². The van der Waals surface area contributed by atoms with Crippen molar-refractivity contribution >= 4 is 27.5 Å². The molecule has 1 N–H and O–H groups in total. The first kappa shape index (κ1) is 22.3. The van der Waals surface area contributed by atoms with Crippen LogP contribution in [-0.4, -0.2) is 55.7 Å². The summed E-state index contributed by atoms with van der Waals surface area (Å²) in [6, 6.07) is 0.790. The minimum atomic E-state index is -4.03. The molecule has 1 aromatic carbocycles. The Kier molecular flexibility index (Phi) is 6.18. The SMILES string of the molecule is CCS(=O)(=O)N[C@@H]1[C@H](Cc2cccc(Cl)c2F)N(C(=O)C2CC(F)C2)CC1(F)F. The number of amides is 1. The van der Waals surface area contributed by atoms with E-state index in [4.69, 9.17) is 11.6 Å². The van der Waals surface area contributed by atoms with Gasteiger partial charge >= 0.3 is 0 Å². The highest BCUT2D eigenvalue weighted by molar-refractivity contribution is 7.89. The lowest BCUT2D eigenvalue weighted by Crippen LogP contribution is -2.53. The number of benzene rings is 1. The minimum Gasteiger partial charge on any atom is -0.331 e. The maximum atomic E-state index is 14.8. The first-order valence-corrected chi connectivity index (χ1v) is 11.2. The number of hydrogen-bond acceptors (Lipinski definition) is 3. The van der Waals surface area contributed by atoms with Crippen LogP contribution in [0.4, 0.5) is 17.6 Å². The summed E-state index contributed by atoms with van der Waals surface area (Å²) in [4.78, 5) is 13.6. The molecule has 11 heteroatoms. The molecule has 0 bridgehead atoms. The van der Waals surface area contributed by atoms with E-state index in [9.17, 15) is 30.8 Å². The standard InChI is InChI=1S/C18H21ClF4N2O3S/c1-2-29(27,28)24-16-14(8-10-4-3-5-13(19)15(10)21)25(9-18(16,22)23)17(26)11-6-12(20)7-11/h3-5,11-12,14,16,24H,2,6-9H2,1H3/t11?,12?,14-,16+/m0/s1. The quantitative estimate of drug-likeness (QED) is 0.669. The fourth-order valence-electron chi connectivity index (χ4n) is 3.73. The van der Waals surface area contributed by atoms with Crippen molar-refractivity contribution in [2.24, 2.45) is 5.92 Å². The third kappa shape index (κ3) is 4.54. The van der Waals surface area contributed by atoms with Gasteiger partial charge in [0.2, 0.25) is 15.9 Å². The van der Waals surface area contributed by atoms with E-state index in [0.29, 0.717) is 0 Å². The highest BCUT2D eigenvalue weighted by atomic mass is 35.5. The van der Waals surface area contributed by atoms with Gasteiger partial charge in [0, 0.05) is 5.92 Å². The lowest BCUT2D eigenvalue weighted by Gasteiger charge is -2.35. The second-order valence-electron chi connectivity index (χ2n) is 7.48. The summed E-state index contributed by atoms with van der Waals surface area (Å²) in [7, 11) is -4.03. The van der Waals surface area contributed by atoms with Gasteiger partial charge in [-0.15, -0.1) is 0 Å². The summed E-state index contributed by atoms with van der Waals surface area (Å²) in [5.41, 5.74) is -0.0179. The second kappa shape index (κ2) is 8.03. The molecule has 1 heterocycles. The van der Waals surface area contributed by atoms with Crippen molar-refractivity contribution in [3.8, 4) is 0 Å². The van der Waals surface area contributed by atoms with Crippen LogP contribution in [0.5, 0.6) is 0 Å². The fraction of sp³-hybridized carbons (Fsp3) is 0.611. The van der Waals surface area contributed by atoms with Crippen LogP contribution < -0.4 is 4.72 Å². The third-order valence-corrected chi connectivity index (χ3v) is 7.15. The van der Waals surface area contributed by atoms with Crippen molar-refractivity contribution in [1.29, 1.82) is 0 Å². The van der Waals surface area contributed by atoms with Crippen molar-refractivity contribution in [2.45, 2.75) is 50.4 Å². The normalized spacial score (nSPS) is 29.0. The van der Waals surface area contributed by atoms with Crippen molar-refractivity contribution in [3.63, 3.8) is 0 Å². The van der Waals surface area contributed by atoms with Crippen LogP contribution in [0.15, 0.2) is 18.2 Å². The van der Waals surface area contributed by atoms with E-state index in [1.165, 1.54) is 25.1 Å². The van der Waals surface area contributed by atoms with Gasteiger partial charge in [0.05, 0.1) is 23.4 Å². The molecule has 3 rings (SSSR count). The molecule has 1 aliphatic carbocycles. The van der Waals surface area contributed by atoms with Crippen LogP contribution in [0, 0.1) is 11.7 Å². The van der Waals surface area contributed by atoms with Crippen LogP contribution in [0.25, 0.3) is 0 Å². The first-order valence-electron chi connectivity index (χ1n) is 9.20. The van der Waals surface area contributed by atoms with Crippen LogP contribution in [0.3, 0.4) is 0 Å². The van der Waals surface area contributed by atoms with Gasteiger partial charge in [-0.05, 0) is 37.8 Å². The number of nitrogens with zero attached hydrogens (tertiary/aromatic N) is 1. The average molecular weight is 457 g/mol. The number of likely N-dealkylation sites (tertiary alicyclic amines) is 1. The molecule has 5 nitrogen and oxygen atoms in total. The van der Waals surface area contributed by atoms with Gasteiger partial charge in [-0.25, -0.2) is 30.7 Å². The zero-order chi connectivity index (χ0) is 21.6. The molecule has 162 valence electrons. The predicted octanol–water partition coefficient (Wildman–Crippen LogP) is 2.92. The molecule has 1 amide bonds. The predicted molar refractivity (Wildman–Crippen MR) is 99.6 cm³/mol. The zero-order valence-corrected chi connectivity index (χ0v) is 17.1. The summed E-state index contributed by atoms with van der Waals surface area (Å²) in [6.45, 7) is 0.267. The summed E-state index contributed by atoms with van der Waals surface area (Å²) >= 11 is 5.76. The van der Waals surface area contributed by atoms with Gasteiger partial charge in [-0.3, -0.25) is 4.79 Å². The topological polar surface area (TPSA) is 66.5 Å². The number of carbonyl (C=O) groups is 1. The molecule has 2 aliphatic rings. The van der Waals surface area contributed by atoms with Gasteiger partial charge in [0.1, 0.15) is 18.0 Å². The first-order chi connectivity index (χ1) is 13.4. The molecular formula is C18H21ClF4N2O3S. The number of rotatable bonds is 6. The Hall–Kier alpha value is -1.39. The number of nitrogens with one attached hydrogen (secondary N) is 1. The second-order valence-corrected chi connectivity index (χ2v) is 9.93. The van der Waals surface area contributed by atoms with E-state index in [1.54, 1.807) is 0 Å². The molecule has 1 saturated heterocycles. The molecule has 0 aromatic heterocycles. The van der Waals surface area contributed by atoms with Crippen molar-refractivity contribution in [1.82, 2.24) is 9.62 Å². The Morgan fingerprint density at radius 3 is 2.59 bits per heavy atom. The maximum absolute atomic E-state index is 14.8. The highest BCUT2D eigenvalue weighted by Gasteiger charge is 2.58. The lowest BCUT2D eigenvalue weighted by atomic mass is 9.82. The molecule has 29 heavy (non-hydrogen) atoms. The van der Waals surface area contributed by atoms with E-state index < -0.39 is 64.1 Å². The number of alkyl halides is 3. The van der Waals surface area contributed by atoms with Crippen molar-refractivity contribution in [2.75, 3.05) is 12.3 Å². The van der Waals surface area contributed by atoms with Crippen molar-refractivity contribution in [3.05, 3.63) is 34.6 Å². The molecule has 0 unspecified atom stereocenters. The Morgan fingerprint density at radius 2 is 2.00 bits per heavy atom. The van der Waals surface area contributed by atoms with E-state index in [0.717, 1.165) is 4.90 Å². The van der Waals surface area contributed by atoms with Crippen LogP contribution in [0.1, 0.15) is 25.3 Å². The molecule has 1 aliphatic heterocycles. The fourth-order valence-corrected chi connectivity index (χ4v) is 4.81. The molecule has 0 spiro atoms. The average Bonchev–Trinajstić information content (AvgIpc) is 2.86. The van der Waals surface area contributed by atoms with Crippen LogP contribution in [-0.2, 0) is 21.2 Å². The Morgan fingerprint density at radius 1 is 1.34 bits per heavy atom. The summed E-state index contributed by atoms with van der Waals surface area (Å²) in [6.07, 6.45) is -1.66. The molecule has 1 aromatic rings. The molecular weight excluding hydrogens is 436 g/mol.